The third kappa shape index (κ3) is 3.35. The van der Waals surface area contributed by atoms with Crippen molar-refractivity contribution in [2.24, 2.45) is 0 Å². The summed E-state index contributed by atoms with van der Waals surface area (Å²) in [7, 11) is 0. The van der Waals surface area contributed by atoms with E-state index in [0.717, 1.165) is 13.3 Å². The van der Waals surface area contributed by atoms with Crippen LogP contribution in [0.4, 0.5) is 13.2 Å². The van der Waals surface area contributed by atoms with Crippen molar-refractivity contribution < 1.29 is 27.4 Å². The molecule has 1 fully saturated rings. The molecule has 0 aromatic carbocycles. The first kappa shape index (κ1) is 15.2. The highest BCUT2D eigenvalue weighted by atomic mass is 19.4. The van der Waals surface area contributed by atoms with Crippen LogP contribution in [0.25, 0.3) is 0 Å². The van der Waals surface area contributed by atoms with E-state index in [2.05, 4.69) is 10.1 Å². The van der Waals surface area contributed by atoms with E-state index >= 15 is 0 Å². The standard InChI is InChI=1S/C11H18F3NO3/c1-3-17-9(16)10(2,11(12,13)14)15-7-8-5-4-6-18-8/h8,15H,3-7H2,1-2H3. The second-order valence-electron chi connectivity index (χ2n) is 4.36. The number of esters is 1. The zero-order valence-electron chi connectivity index (χ0n) is 10.5. The van der Waals surface area contributed by atoms with Crippen LogP contribution in [0.3, 0.4) is 0 Å². The number of alkyl halides is 3. The molecule has 0 spiro atoms. The van der Waals surface area contributed by atoms with Gasteiger partial charge in [0.25, 0.3) is 0 Å². The average molecular weight is 269 g/mol. The monoisotopic (exact) mass is 269 g/mol. The lowest BCUT2D eigenvalue weighted by Gasteiger charge is -2.31. The Labute approximate surface area is 104 Å². The van der Waals surface area contributed by atoms with Crippen LogP contribution in [0.5, 0.6) is 0 Å². The lowest BCUT2D eigenvalue weighted by Crippen LogP contribution is -2.62. The number of carbonyl (C=O) groups is 1. The largest absolute Gasteiger partial charge is 0.464 e. The van der Waals surface area contributed by atoms with E-state index in [-0.39, 0.29) is 19.3 Å². The van der Waals surface area contributed by atoms with Gasteiger partial charge in [0.15, 0.2) is 0 Å². The van der Waals surface area contributed by atoms with E-state index < -0.39 is 17.7 Å². The minimum Gasteiger partial charge on any atom is -0.464 e. The molecule has 0 aliphatic carbocycles. The third-order valence-electron chi connectivity index (χ3n) is 2.96. The zero-order valence-corrected chi connectivity index (χ0v) is 10.5. The number of carbonyl (C=O) groups excluding carboxylic acids is 1. The molecule has 1 N–H and O–H groups in total. The molecule has 1 aliphatic rings. The number of nitrogens with one attached hydrogen (secondary N) is 1. The quantitative estimate of drug-likeness (QED) is 0.771. The summed E-state index contributed by atoms with van der Waals surface area (Å²) in [6, 6.07) is 0. The van der Waals surface area contributed by atoms with Crippen molar-refractivity contribution in [3.05, 3.63) is 0 Å². The van der Waals surface area contributed by atoms with Crippen molar-refractivity contribution in [3.63, 3.8) is 0 Å². The van der Waals surface area contributed by atoms with Crippen LogP contribution in [0.2, 0.25) is 0 Å². The van der Waals surface area contributed by atoms with Crippen molar-refractivity contribution in [1.82, 2.24) is 5.32 Å². The van der Waals surface area contributed by atoms with Crippen LogP contribution < -0.4 is 5.32 Å². The number of halogens is 3. The Morgan fingerprint density at radius 2 is 2.17 bits per heavy atom. The highest BCUT2D eigenvalue weighted by Crippen LogP contribution is 2.31. The highest BCUT2D eigenvalue weighted by Gasteiger charge is 2.58. The molecule has 0 aromatic heterocycles. The van der Waals surface area contributed by atoms with Crippen LogP contribution in [-0.4, -0.2) is 43.5 Å². The summed E-state index contributed by atoms with van der Waals surface area (Å²) in [5, 5.41) is 2.24. The molecule has 1 aliphatic heterocycles. The molecular formula is C11H18F3NO3. The molecular weight excluding hydrogens is 251 g/mol. The molecule has 0 amide bonds. The molecule has 1 heterocycles. The van der Waals surface area contributed by atoms with Crippen LogP contribution in [0.1, 0.15) is 26.7 Å². The van der Waals surface area contributed by atoms with E-state index in [1.54, 1.807) is 0 Å². The summed E-state index contributed by atoms with van der Waals surface area (Å²) < 4.78 is 48.5. The Kier molecular flexibility index (Phi) is 4.98. The maximum absolute atomic E-state index is 12.9. The van der Waals surface area contributed by atoms with Crippen LogP contribution >= 0.6 is 0 Å². The number of hydrogen-bond donors (Lipinski definition) is 1. The van der Waals surface area contributed by atoms with Crippen LogP contribution in [0, 0.1) is 0 Å². The smallest absolute Gasteiger partial charge is 0.417 e. The molecule has 0 aromatic rings. The first-order chi connectivity index (χ1) is 8.31. The minimum absolute atomic E-state index is 0.0190. The van der Waals surface area contributed by atoms with Gasteiger partial charge in [-0.1, -0.05) is 0 Å². The van der Waals surface area contributed by atoms with Gasteiger partial charge in [-0.15, -0.1) is 0 Å². The molecule has 2 unspecified atom stereocenters. The molecule has 0 saturated carbocycles. The maximum Gasteiger partial charge on any atom is 0.417 e. The molecule has 2 atom stereocenters. The Hall–Kier alpha value is -0.820. The molecule has 1 rings (SSSR count). The summed E-state index contributed by atoms with van der Waals surface area (Å²) in [4.78, 5) is 11.5. The van der Waals surface area contributed by atoms with Crippen molar-refractivity contribution in [2.45, 2.75) is 44.5 Å². The molecule has 0 bridgehead atoms. The van der Waals surface area contributed by atoms with Gasteiger partial charge in [-0.25, -0.2) is 4.79 Å². The molecule has 106 valence electrons. The predicted octanol–water partition coefficient (Wildman–Crippen LogP) is 1.64. The molecule has 7 heteroatoms. The summed E-state index contributed by atoms with van der Waals surface area (Å²) in [5.74, 6) is -1.31. The first-order valence-corrected chi connectivity index (χ1v) is 5.92. The third-order valence-corrected chi connectivity index (χ3v) is 2.96. The Balaban J connectivity index is 2.68. The molecule has 18 heavy (non-hydrogen) atoms. The van der Waals surface area contributed by atoms with Gasteiger partial charge in [-0.2, -0.15) is 13.2 Å². The van der Waals surface area contributed by atoms with E-state index in [0.29, 0.717) is 13.0 Å². The fourth-order valence-corrected chi connectivity index (χ4v) is 1.69. The fourth-order valence-electron chi connectivity index (χ4n) is 1.69. The van der Waals surface area contributed by atoms with Crippen molar-refractivity contribution in [1.29, 1.82) is 0 Å². The number of rotatable bonds is 5. The van der Waals surface area contributed by atoms with Crippen molar-refractivity contribution >= 4 is 5.97 Å². The normalized spacial score (nSPS) is 23.7. The average Bonchev–Trinajstić information content (AvgIpc) is 2.77. The Morgan fingerprint density at radius 3 is 2.61 bits per heavy atom. The van der Waals surface area contributed by atoms with Crippen LogP contribution in [0.15, 0.2) is 0 Å². The van der Waals surface area contributed by atoms with E-state index in [9.17, 15) is 18.0 Å². The van der Waals surface area contributed by atoms with Gasteiger partial charge in [-0.3, -0.25) is 5.32 Å². The number of hydrogen-bond acceptors (Lipinski definition) is 4. The topological polar surface area (TPSA) is 47.6 Å². The second kappa shape index (κ2) is 5.88. The van der Waals surface area contributed by atoms with Gasteiger partial charge in [0, 0.05) is 13.2 Å². The highest BCUT2D eigenvalue weighted by molar-refractivity contribution is 5.81. The fraction of sp³-hybridized carbons (Fsp3) is 0.909. The van der Waals surface area contributed by atoms with E-state index in [4.69, 9.17) is 4.74 Å². The summed E-state index contributed by atoms with van der Waals surface area (Å²) >= 11 is 0. The lowest BCUT2D eigenvalue weighted by molar-refractivity contribution is -0.210. The van der Waals surface area contributed by atoms with Gasteiger partial charge < -0.3 is 9.47 Å². The second-order valence-corrected chi connectivity index (χ2v) is 4.36. The van der Waals surface area contributed by atoms with E-state index in [1.165, 1.54) is 6.92 Å². The van der Waals surface area contributed by atoms with Gasteiger partial charge in [-0.05, 0) is 26.7 Å². The van der Waals surface area contributed by atoms with Gasteiger partial charge >= 0.3 is 12.1 Å². The lowest BCUT2D eigenvalue weighted by atomic mass is 10.0. The molecule has 0 radical (unpaired) electrons. The number of ether oxygens (including phenoxy) is 2. The van der Waals surface area contributed by atoms with Crippen molar-refractivity contribution in [3.8, 4) is 0 Å². The van der Waals surface area contributed by atoms with E-state index in [1.807, 2.05) is 0 Å². The van der Waals surface area contributed by atoms with Crippen molar-refractivity contribution in [2.75, 3.05) is 19.8 Å². The van der Waals surface area contributed by atoms with Crippen LogP contribution in [-0.2, 0) is 14.3 Å². The summed E-state index contributed by atoms with van der Waals surface area (Å²) in [5.41, 5.74) is -2.69. The van der Waals surface area contributed by atoms with Gasteiger partial charge in [0.2, 0.25) is 5.54 Å². The summed E-state index contributed by atoms with van der Waals surface area (Å²) in [6.45, 7) is 2.70. The summed E-state index contributed by atoms with van der Waals surface area (Å²) in [6.07, 6.45) is -3.46. The first-order valence-electron chi connectivity index (χ1n) is 5.92. The maximum atomic E-state index is 12.9. The Morgan fingerprint density at radius 1 is 1.50 bits per heavy atom. The molecule has 4 nitrogen and oxygen atoms in total. The molecule has 1 saturated heterocycles. The van der Waals surface area contributed by atoms with Gasteiger partial charge in [0.05, 0.1) is 12.7 Å². The minimum atomic E-state index is -4.71. The zero-order chi connectivity index (χ0) is 13.8. The van der Waals surface area contributed by atoms with Gasteiger partial charge in [0.1, 0.15) is 0 Å². The Bertz CT molecular complexity index is 290. The predicted molar refractivity (Wildman–Crippen MR) is 58.1 cm³/mol. The SMILES string of the molecule is CCOC(=O)C(C)(NCC1CCCO1)C(F)(F)F.